The van der Waals surface area contributed by atoms with Gasteiger partial charge in [0.1, 0.15) is 0 Å². The lowest BCUT2D eigenvalue weighted by atomic mass is 10.1. The smallest absolute Gasteiger partial charge is 0.250 e. The van der Waals surface area contributed by atoms with Crippen molar-refractivity contribution < 1.29 is 9.53 Å². The van der Waals surface area contributed by atoms with Crippen LogP contribution in [0, 0.1) is 0 Å². The highest BCUT2D eigenvalue weighted by molar-refractivity contribution is 6.01. The van der Waals surface area contributed by atoms with Gasteiger partial charge >= 0.3 is 0 Å². The normalized spacial score (nSPS) is 12.1. The fourth-order valence-corrected chi connectivity index (χ4v) is 1.89. The number of amides is 1. The molecule has 1 aromatic carbocycles. The minimum Gasteiger partial charge on any atom is -0.397 e. The number of methoxy groups -OCH3 is 1. The average Bonchev–Trinajstić information content (AvgIpc) is 2.32. The monoisotopic (exact) mass is 251 g/mol. The van der Waals surface area contributed by atoms with Crippen LogP contribution in [-0.2, 0) is 4.74 Å². The molecule has 5 heteroatoms. The maximum absolute atomic E-state index is 11.4. The summed E-state index contributed by atoms with van der Waals surface area (Å²) in [6.45, 7) is 2.65. The molecule has 18 heavy (non-hydrogen) atoms. The van der Waals surface area contributed by atoms with E-state index in [4.69, 9.17) is 16.2 Å². The average molecular weight is 251 g/mol. The van der Waals surface area contributed by atoms with Gasteiger partial charge in [-0.1, -0.05) is 19.4 Å². The highest BCUT2D eigenvalue weighted by Gasteiger charge is 2.15. The zero-order chi connectivity index (χ0) is 13.5. The molecule has 0 aromatic heterocycles. The summed E-state index contributed by atoms with van der Waals surface area (Å²) in [4.78, 5) is 11.4. The first kappa shape index (κ1) is 14.3. The van der Waals surface area contributed by atoms with Gasteiger partial charge in [0.2, 0.25) is 0 Å². The molecule has 0 saturated carbocycles. The molecule has 0 fully saturated rings. The first-order chi connectivity index (χ1) is 8.60. The molecule has 0 saturated heterocycles. The Morgan fingerprint density at radius 3 is 2.78 bits per heavy atom. The van der Waals surface area contributed by atoms with Gasteiger partial charge in [-0.05, 0) is 18.6 Å². The Hall–Kier alpha value is -1.75. The van der Waals surface area contributed by atoms with E-state index < -0.39 is 5.91 Å². The zero-order valence-corrected chi connectivity index (χ0v) is 10.9. The molecule has 1 unspecified atom stereocenters. The van der Waals surface area contributed by atoms with Crippen LogP contribution in [0.2, 0.25) is 0 Å². The van der Waals surface area contributed by atoms with Crippen LogP contribution in [-0.4, -0.2) is 25.7 Å². The molecule has 0 bridgehead atoms. The minimum absolute atomic E-state index is 0.114. The van der Waals surface area contributed by atoms with Gasteiger partial charge in [-0.25, -0.2) is 0 Å². The fraction of sp³-hybridized carbons (Fsp3) is 0.462. The number of hydrogen-bond donors (Lipinski definition) is 3. The lowest BCUT2D eigenvalue weighted by Crippen LogP contribution is -2.27. The lowest BCUT2D eigenvalue weighted by Gasteiger charge is -2.21. The summed E-state index contributed by atoms with van der Waals surface area (Å²) in [6, 6.07) is 5.23. The third-order valence-electron chi connectivity index (χ3n) is 2.72. The standard InChI is InChI=1S/C13H21N3O2/c1-3-5-9(8-18-2)16-12-10(13(15)17)6-4-7-11(12)14/h4,6-7,9,16H,3,5,8,14H2,1-2H3,(H2,15,17). The molecule has 0 aliphatic carbocycles. The van der Waals surface area contributed by atoms with Gasteiger partial charge in [0, 0.05) is 13.2 Å². The third kappa shape index (κ3) is 3.63. The second kappa shape index (κ2) is 6.86. The lowest BCUT2D eigenvalue weighted by molar-refractivity contribution is 0.100. The molecular weight excluding hydrogens is 230 g/mol. The van der Waals surface area contributed by atoms with Crippen LogP contribution in [0.1, 0.15) is 30.1 Å². The molecule has 0 radical (unpaired) electrons. The molecule has 0 spiro atoms. The summed E-state index contributed by atoms with van der Waals surface area (Å²) >= 11 is 0. The molecule has 1 rings (SSSR count). The van der Waals surface area contributed by atoms with E-state index in [0.29, 0.717) is 23.5 Å². The number of carbonyl (C=O) groups excluding carboxylic acids is 1. The summed E-state index contributed by atoms with van der Waals surface area (Å²) in [5.41, 5.74) is 12.8. The van der Waals surface area contributed by atoms with Crippen LogP contribution in [0.3, 0.4) is 0 Å². The van der Waals surface area contributed by atoms with Crippen molar-refractivity contribution in [1.29, 1.82) is 0 Å². The van der Waals surface area contributed by atoms with Gasteiger partial charge in [0.15, 0.2) is 0 Å². The molecule has 0 heterocycles. The van der Waals surface area contributed by atoms with Crippen molar-refractivity contribution in [2.75, 3.05) is 24.8 Å². The second-order valence-corrected chi connectivity index (χ2v) is 4.22. The van der Waals surface area contributed by atoms with Crippen molar-refractivity contribution in [1.82, 2.24) is 0 Å². The number of anilines is 2. The molecule has 100 valence electrons. The second-order valence-electron chi connectivity index (χ2n) is 4.22. The maximum atomic E-state index is 11.4. The van der Waals surface area contributed by atoms with Gasteiger partial charge < -0.3 is 21.5 Å². The van der Waals surface area contributed by atoms with Gasteiger partial charge in [0.05, 0.1) is 23.5 Å². The minimum atomic E-state index is -0.488. The highest BCUT2D eigenvalue weighted by atomic mass is 16.5. The number of benzene rings is 1. The SMILES string of the molecule is CCCC(COC)Nc1c(N)cccc1C(N)=O. The third-order valence-corrected chi connectivity index (χ3v) is 2.72. The summed E-state index contributed by atoms with van der Waals surface area (Å²) in [5, 5.41) is 3.25. The van der Waals surface area contributed by atoms with Gasteiger partial charge in [-0.2, -0.15) is 0 Å². The van der Waals surface area contributed by atoms with Crippen LogP contribution < -0.4 is 16.8 Å². The van der Waals surface area contributed by atoms with Crippen LogP contribution >= 0.6 is 0 Å². The van der Waals surface area contributed by atoms with Crippen molar-refractivity contribution in [3.05, 3.63) is 23.8 Å². The van der Waals surface area contributed by atoms with Crippen molar-refractivity contribution >= 4 is 17.3 Å². The number of rotatable bonds is 7. The Morgan fingerprint density at radius 2 is 2.22 bits per heavy atom. The summed E-state index contributed by atoms with van der Waals surface area (Å²) < 4.78 is 5.15. The number of primary amides is 1. The van der Waals surface area contributed by atoms with Crippen molar-refractivity contribution in [2.24, 2.45) is 5.73 Å². The molecule has 0 aliphatic rings. The van der Waals surface area contributed by atoms with Crippen molar-refractivity contribution in [3.63, 3.8) is 0 Å². The first-order valence-corrected chi connectivity index (χ1v) is 6.03. The molecule has 1 amide bonds. The number of nitrogen functional groups attached to an aromatic ring is 1. The quantitative estimate of drug-likeness (QED) is 0.642. The summed E-state index contributed by atoms with van der Waals surface area (Å²) in [5.74, 6) is -0.488. The van der Waals surface area contributed by atoms with E-state index in [1.165, 1.54) is 0 Å². The highest BCUT2D eigenvalue weighted by Crippen LogP contribution is 2.24. The first-order valence-electron chi connectivity index (χ1n) is 6.03. The van der Waals surface area contributed by atoms with Crippen LogP contribution in [0.25, 0.3) is 0 Å². The van der Waals surface area contributed by atoms with Crippen molar-refractivity contribution in [3.8, 4) is 0 Å². The largest absolute Gasteiger partial charge is 0.397 e. The van der Waals surface area contributed by atoms with E-state index in [0.717, 1.165) is 12.8 Å². The van der Waals surface area contributed by atoms with Crippen molar-refractivity contribution in [2.45, 2.75) is 25.8 Å². The van der Waals surface area contributed by atoms with E-state index in [1.807, 2.05) is 0 Å². The maximum Gasteiger partial charge on any atom is 0.250 e. The molecule has 1 atom stereocenters. The van der Waals surface area contributed by atoms with Crippen LogP contribution in [0.15, 0.2) is 18.2 Å². The van der Waals surface area contributed by atoms with E-state index >= 15 is 0 Å². The number of nitrogens with one attached hydrogen (secondary N) is 1. The van der Waals surface area contributed by atoms with Gasteiger partial charge in [-0.3, -0.25) is 4.79 Å². The Labute approximate surface area is 107 Å². The van der Waals surface area contributed by atoms with Gasteiger partial charge in [0.25, 0.3) is 5.91 Å². The fourth-order valence-electron chi connectivity index (χ4n) is 1.89. The predicted octanol–water partition coefficient (Wildman–Crippen LogP) is 1.59. The molecular formula is C13H21N3O2. The van der Waals surface area contributed by atoms with Crippen LogP contribution in [0.4, 0.5) is 11.4 Å². The Balaban J connectivity index is 2.96. The summed E-state index contributed by atoms with van der Waals surface area (Å²) in [7, 11) is 1.65. The Morgan fingerprint density at radius 1 is 1.50 bits per heavy atom. The van der Waals surface area contributed by atoms with E-state index in [9.17, 15) is 4.79 Å². The number of para-hydroxylation sites is 1. The zero-order valence-electron chi connectivity index (χ0n) is 10.9. The van der Waals surface area contributed by atoms with E-state index in [-0.39, 0.29) is 6.04 Å². The number of carbonyl (C=O) groups is 1. The number of nitrogens with two attached hydrogens (primary N) is 2. The summed E-state index contributed by atoms with van der Waals surface area (Å²) in [6.07, 6.45) is 1.94. The van der Waals surface area contributed by atoms with E-state index in [1.54, 1.807) is 25.3 Å². The Kier molecular flexibility index (Phi) is 5.45. The van der Waals surface area contributed by atoms with Gasteiger partial charge in [-0.15, -0.1) is 0 Å². The van der Waals surface area contributed by atoms with E-state index in [2.05, 4.69) is 12.2 Å². The Bertz CT molecular complexity index is 401. The molecule has 5 nitrogen and oxygen atoms in total. The van der Waals surface area contributed by atoms with Crippen LogP contribution in [0.5, 0.6) is 0 Å². The predicted molar refractivity (Wildman–Crippen MR) is 73.6 cm³/mol. The number of ether oxygens (including phenoxy) is 1. The molecule has 0 aliphatic heterocycles. The topological polar surface area (TPSA) is 90.4 Å². The number of hydrogen-bond acceptors (Lipinski definition) is 4. The molecule has 5 N–H and O–H groups in total. The molecule has 1 aromatic rings.